The van der Waals surface area contributed by atoms with Gasteiger partial charge in [-0.2, -0.15) is 4.52 Å². The molecule has 2 aromatic heterocycles. The number of pyridine rings is 1. The maximum atomic E-state index is 13.2. The van der Waals surface area contributed by atoms with Crippen molar-refractivity contribution in [1.29, 1.82) is 0 Å². The zero-order chi connectivity index (χ0) is 19.4. The van der Waals surface area contributed by atoms with Gasteiger partial charge in [-0.25, -0.2) is 0 Å². The molecule has 1 aliphatic heterocycles. The molecule has 0 radical (unpaired) electrons. The molecule has 0 N–H and O–H groups in total. The number of nitrogens with zero attached hydrogens (tertiary/aromatic N) is 5. The second-order valence-electron chi connectivity index (χ2n) is 8.38. The number of benzene rings is 1. The van der Waals surface area contributed by atoms with Crippen LogP contribution in [0.1, 0.15) is 50.5 Å². The van der Waals surface area contributed by atoms with Gasteiger partial charge in [-0.15, -0.1) is 5.10 Å². The summed E-state index contributed by atoms with van der Waals surface area (Å²) in [6.45, 7) is 0.775. The average molecular weight is 393 g/mol. The normalized spacial score (nSPS) is 19.2. The van der Waals surface area contributed by atoms with Gasteiger partial charge in [-0.05, 0) is 48.2 Å². The zero-order valence-electron chi connectivity index (χ0n) is 16.2. The van der Waals surface area contributed by atoms with E-state index in [-0.39, 0.29) is 12.7 Å². The van der Waals surface area contributed by atoms with Crippen molar-refractivity contribution in [2.24, 2.45) is 5.92 Å². The summed E-state index contributed by atoms with van der Waals surface area (Å²) in [5.41, 5.74) is 2.54. The third-order valence-corrected chi connectivity index (χ3v) is 6.68. The summed E-state index contributed by atoms with van der Waals surface area (Å²) in [4.78, 5) is 15.3. The van der Waals surface area contributed by atoms with Crippen LogP contribution in [0, 0.1) is 5.92 Å². The lowest BCUT2D eigenvalue weighted by Gasteiger charge is -2.35. The van der Waals surface area contributed by atoms with E-state index in [9.17, 15) is 4.79 Å². The fraction of sp³-hybridized carbons (Fsp3) is 0.524. The summed E-state index contributed by atoms with van der Waals surface area (Å²) in [6, 6.07) is 6.31. The first-order valence-corrected chi connectivity index (χ1v) is 10.5. The number of aromatic nitrogens is 4. The van der Waals surface area contributed by atoms with Crippen LogP contribution in [0.25, 0.3) is 16.6 Å². The molecule has 0 atom stereocenters. The number of fused-ring (bicyclic) bond motifs is 4. The Labute approximate surface area is 167 Å². The Kier molecular flexibility index (Phi) is 3.85. The topological polar surface area (TPSA) is 81.9 Å². The number of rotatable bonds is 4. The molecule has 2 fully saturated rings. The molecular formula is C21H23N5O3. The van der Waals surface area contributed by atoms with Crippen molar-refractivity contribution in [2.45, 2.75) is 57.5 Å². The minimum Gasteiger partial charge on any atom is -0.454 e. The van der Waals surface area contributed by atoms with Gasteiger partial charge >= 0.3 is 0 Å². The van der Waals surface area contributed by atoms with E-state index in [0.717, 1.165) is 54.3 Å². The third-order valence-electron chi connectivity index (χ3n) is 6.68. The highest BCUT2D eigenvalue weighted by atomic mass is 16.7. The smallest absolute Gasteiger partial charge is 0.231 e. The van der Waals surface area contributed by atoms with Crippen molar-refractivity contribution in [2.75, 3.05) is 6.79 Å². The quantitative estimate of drug-likeness (QED) is 0.678. The molecule has 6 rings (SSSR count). The highest BCUT2D eigenvalue weighted by Crippen LogP contribution is 2.37. The van der Waals surface area contributed by atoms with Crippen molar-refractivity contribution >= 4 is 22.5 Å². The lowest BCUT2D eigenvalue weighted by Crippen LogP contribution is -2.43. The molecule has 3 aliphatic rings. The average Bonchev–Trinajstić information content (AvgIpc) is 3.44. The van der Waals surface area contributed by atoms with Gasteiger partial charge in [0.15, 0.2) is 17.1 Å². The predicted molar refractivity (Wildman–Crippen MR) is 105 cm³/mol. The Morgan fingerprint density at radius 1 is 1.07 bits per heavy atom. The van der Waals surface area contributed by atoms with Crippen LogP contribution in [0.4, 0.5) is 0 Å². The Hall–Kier alpha value is -2.90. The lowest BCUT2D eigenvalue weighted by molar-refractivity contribution is -0.141. The van der Waals surface area contributed by atoms with Crippen LogP contribution in [0.3, 0.4) is 0 Å². The van der Waals surface area contributed by atoms with E-state index in [4.69, 9.17) is 9.47 Å². The molecule has 8 heteroatoms. The molecule has 0 bridgehead atoms. The van der Waals surface area contributed by atoms with E-state index >= 15 is 0 Å². The van der Waals surface area contributed by atoms with Gasteiger partial charge in [0, 0.05) is 35.5 Å². The van der Waals surface area contributed by atoms with Gasteiger partial charge in [-0.3, -0.25) is 4.79 Å². The van der Waals surface area contributed by atoms with Gasteiger partial charge in [0.25, 0.3) is 0 Å². The predicted octanol–water partition coefficient (Wildman–Crippen LogP) is 3.08. The number of carbonyl (C=O) groups is 1. The van der Waals surface area contributed by atoms with E-state index in [0.29, 0.717) is 29.9 Å². The monoisotopic (exact) mass is 393 g/mol. The van der Waals surface area contributed by atoms with Crippen LogP contribution < -0.4 is 9.47 Å². The van der Waals surface area contributed by atoms with Gasteiger partial charge < -0.3 is 14.4 Å². The first-order valence-electron chi connectivity index (χ1n) is 10.5. The van der Waals surface area contributed by atoms with Gasteiger partial charge in [0.05, 0.1) is 5.52 Å². The summed E-state index contributed by atoms with van der Waals surface area (Å²) in [5, 5.41) is 13.4. The van der Waals surface area contributed by atoms with Crippen LogP contribution in [-0.4, -0.2) is 43.7 Å². The van der Waals surface area contributed by atoms with Crippen molar-refractivity contribution < 1.29 is 14.3 Å². The molecule has 3 aromatic rings. The Balaban J connectivity index is 1.44. The number of ether oxygens (including phenoxy) is 2. The number of hydrogen-bond acceptors (Lipinski definition) is 6. The van der Waals surface area contributed by atoms with Crippen LogP contribution >= 0.6 is 0 Å². The van der Waals surface area contributed by atoms with Crippen LogP contribution in [-0.2, 0) is 11.3 Å². The molecule has 150 valence electrons. The summed E-state index contributed by atoms with van der Waals surface area (Å²) < 4.78 is 12.8. The Morgan fingerprint density at radius 2 is 1.86 bits per heavy atom. The SMILES string of the molecule is O=C(C1CCC1)N(Cc1cc2cc3c(cc2n2nnnc12)OCO3)C1CCCC1. The molecule has 0 spiro atoms. The van der Waals surface area contributed by atoms with Crippen molar-refractivity contribution in [3.8, 4) is 11.5 Å². The molecule has 0 saturated heterocycles. The number of hydrogen-bond donors (Lipinski definition) is 0. The summed E-state index contributed by atoms with van der Waals surface area (Å²) in [6.07, 6.45) is 7.77. The van der Waals surface area contributed by atoms with Crippen LogP contribution in [0.2, 0.25) is 0 Å². The van der Waals surface area contributed by atoms with Gasteiger partial charge in [0.1, 0.15) is 0 Å². The van der Waals surface area contributed by atoms with E-state index < -0.39 is 0 Å². The molecule has 3 heterocycles. The second kappa shape index (κ2) is 6.57. The first kappa shape index (κ1) is 17.0. The van der Waals surface area contributed by atoms with Crippen LogP contribution in [0.5, 0.6) is 11.5 Å². The standard InChI is InChI=1S/C21H23N5O3/c27-21(13-4-3-5-13)25(16-6-1-2-7-16)11-15-8-14-9-18-19(29-12-28-18)10-17(14)26-20(15)22-23-24-26/h8-10,13,16H,1-7,11-12H2. The summed E-state index contributed by atoms with van der Waals surface area (Å²) in [7, 11) is 0. The highest BCUT2D eigenvalue weighted by Gasteiger charge is 2.34. The summed E-state index contributed by atoms with van der Waals surface area (Å²) >= 11 is 0. The van der Waals surface area contributed by atoms with Crippen molar-refractivity contribution in [3.05, 3.63) is 23.8 Å². The first-order chi connectivity index (χ1) is 14.3. The summed E-state index contributed by atoms with van der Waals surface area (Å²) in [5.74, 6) is 1.93. The van der Waals surface area contributed by atoms with Gasteiger partial charge in [0.2, 0.25) is 12.7 Å². The Morgan fingerprint density at radius 3 is 2.62 bits per heavy atom. The fourth-order valence-corrected chi connectivity index (χ4v) is 4.84. The molecular weight excluding hydrogens is 370 g/mol. The zero-order valence-corrected chi connectivity index (χ0v) is 16.2. The van der Waals surface area contributed by atoms with E-state index in [2.05, 4.69) is 26.5 Å². The number of amides is 1. The molecule has 2 saturated carbocycles. The maximum Gasteiger partial charge on any atom is 0.231 e. The van der Waals surface area contributed by atoms with E-state index in [1.807, 2.05) is 12.1 Å². The van der Waals surface area contributed by atoms with Crippen LogP contribution in [0.15, 0.2) is 18.2 Å². The fourth-order valence-electron chi connectivity index (χ4n) is 4.84. The van der Waals surface area contributed by atoms with E-state index in [1.165, 1.54) is 12.8 Å². The number of carbonyl (C=O) groups excluding carboxylic acids is 1. The second-order valence-corrected chi connectivity index (χ2v) is 8.38. The molecule has 1 aromatic carbocycles. The van der Waals surface area contributed by atoms with Crippen molar-refractivity contribution in [3.63, 3.8) is 0 Å². The molecule has 1 amide bonds. The highest BCUT2D eigenvalue weighted by molar-refractivity contribution is 5.87. The minimum atomic E-state index is 0.192. The van der Waals surface area contributed by atoms with Gasteiger partial charge in [-0.1, -0.05) is 19.3 Å². The van der Waals surface area contributed by atoms with Crippen molar-refractivity contribution in [1.82, 2.24) is 24.9 Å². The lowest BCUT2D eigenvalue weighted by atomic mass is 9.84. The molecule has 0 unspecified atom stereocenters. The third kappa shape index (κ3) is 2.73. The van der Waals surface area contributed by atoms with E-state index in [1.54, 1.807) is 4.52 Å². The molecule has 2 aliphatic carbocycles. The largest absolute Gasteiger partial charge is 0.454 e. The molecule has 8 nitrogen and oxygen atoms in total. The molecule has 29 heavy (non-hydrogen) atoms. The number of tetrazole rings is 1. The Bertz CT molecular complexity index is 1100. The maximum absolute atomic E-state index is 13.2. The minimum absolute atomic E-state index is 0.192.